The van der Waals surface area contributed by atoms with Gasteiger partial charge in [0.25, 0.3) is 0 Å². The van der Waals surface area contributed by atoms with E-state index in [4.69, 9.17) is 17.3 Å². The zero-order chi connectivity index (χ0) is 13.1. The predicted molar refractivity (Wildman–Crippen MR) is 74.6 cm³/mol. The third-order valence-electron chi connectivity index (χ3n) is 3.12. The molecule has 2 aromatic rings. The van der Waals surface area contributed by atoms with Crippen molar-refractivity contribution in [3.8, 4) is 0 Å². The van der Waals surface area contributed by atoms with E-state index in [0.29, 0.717) is 0 Å². The quantitative estimate of drug-likeness (QED) is 0.922. The van der Waals surface area contributed by atoms with Gasteiger partial charge in [0, 0.05) is 24.3 Å². The topological polar surface area (TPSA) is 43.8 Å². The lowest BCUT2D eigenvalue weighted by molar-refractivity contribution is 0.650. The second kappa shape index (κ2) is 5.55. The lowest BCUT2D eigenvalue weighted by Crippen LogP contribution is -2.12. The van der Waals surface area contributed by atoms with E-state index < -0.39 is 0 Å². The number of aryl methyl sites for hydroxylation is 3. The molecule has 0 amide bonds. The molecule has 0 spiro atoms. The Morgan fingerprint density at radius 3 is 2.89 bits per heavy atom. The molecule has 1 heterocycles. The van der Waals surface area contributed by atoms with Crippen LogP contribution in [0.15, 0.2) is 30.6 Å². The second-order valence-corrected chi connectivity index (χ2v) is 5.02. The summed E-state index contributed by atoms with van der Waals surface area (Å²) in [6.07, 6.45) is 5.68. The number of nitrogens with zero attached hydrogens (tertiary/aromatic N) is 2. The van der Waals surface area contributed by atoms with Crippen LogP contribution in [-0.2, 0) is 13.5 Å². The van der Waals surface area contributed by atoms with Gasteiger partial charge in [0.1, 0.15) is 0 Å². The van der Waals surface area contributed by atoms with Crippen LogP contribution in [0.2, 0.25) is 5.02 Å². The Labute approximate surface area is 113 Å². The van der Waals surface area contributed by atoms with Crippen LogP contribution in [0, 0.1) is 6.92 Å². The molecule has 0 fully saturated rings. The van der Waals surface area contributed by atoms with E-state index in [2.05, 4.69) is 5.10 Å². The first-order valence-electron chi connectivity index (χ1n) is 6.06. The van der Waals surface area contributed by atoms with E-state index in [1.165, 1.54) is 5.56 Å². The molecule has 0 saturated carbocycles. The van der Waals surface area contributed by atoms with Gasteiger partial charge < -0.3 is 5.73 Å². The van der Waals surface area contributed by atoms with E-state index >= 15 is 0 Å². The van der Waals surface area contributed by atoms with Gasteiger partial charge in [-0.3, -0.25) is 4.68 Å². The summed E-state index contributed by atoms with van der Waals surface area (Å²) in [7, 11) is 1.92. The van der Waals surface area contributed by atoms with Crippen LogP contribution in [0.25, 0.3) is 0 Å². The average molecular weight is 264 g/mol. The Morgan fingerprint density at radius 2 is 2.22 bits per heavy atom. The minimum atomic E-state index is -0.0300. The molecule has 0 aliphatic rings. The minimum absolute atomic E-state index is 0.0300. The molecular formula is C14H18ClN3. The summed E-state index contributed by atoms with van der Waals surface area (Å²) in [5.74, 6) is 0. The number of rotatable bonds is 4. The molecule has 3 nitrogen and oxygen atoms in total. The van der Waals surface area contributed by atoms with Gasteiger partial charge in [-0.15, -0.1) is 0 Å². The summed E-state index contributed by atoms with van der Waals surface area (Å²) in [5.41, 5.74) is 9.52. The maximum absolute atomic E-state index is 6.28. The smallest absolute Gasteiger partial charge is 0.0521 e. The highest BCUT2D eigenvalue weighted by atomic mass is 35.5. The third-order valence-corrected chi connectivity index (χ3v) is 3.64. The van der Waals surface area contributed by atoms with Gasteiger partial charge in [-0.25, -0.2) is 0 Å². The summed E-state index contributed by atoms with van der Waals surface area (Å²) < 4.78 is 1.81. The highest BCUT2D eigenvalue weighted by Gasteiger charge is 2.11. The second-order valence-electron chi connectivity index (χ2n) is 4.65. The first kappa shape index (κ1) is 13.1. The Hall–Kier alpha value is -1.32. The molecule has 1 atom stereocenters. The zero-order valence-corrected chi connectivity index (χ0v) is 11.5. The van der Waals surface area contributed by atoms with Gasteiger partial charge in [-0.1, -0.05) is 29.8 Å². The molecule has 1 aromatic heterocycles. The van der Waals surface area contributed by atoms with Crippen molar-refractivity contribution in [2.75, 3.05) is 0 Å². The third kappa shape index (κ3) is 2.92. The molecule has 2 N–H and O–H groups in total. The van der Waals surface area contributed by atoms with Crippen LogP contribution < -0.4 is 5.73 Å². The van der Waals surface area contributed by atoms with Gasteiger partial charge >= 0.3 is 0 Å². The van der Waals surface area contributed by atoms with Gasteiger partial charge in [0.2, 0.25) is 0 Å². The lowest BCUT2D eigenvalue weighted by atomic mass is 9.99. The summed E-state index contributed by atoms with van der Waals surface area (Å²) in [6.45, 7) is 2.00. The van der Waals surface area contributed by atoms with E-state index in [0.717, 1.165) is 29.0 Å². The Kier molecular flexibility index (Phi) is 4.04. The number of nitrogens with two attached hydrogens (primary N) is 1. The number of aromatic nitrogens is 2. The summed E-state index contributed by atoms with van der Waals surface area (Å²) >= 11 is 6.28. The molecule has 0 aliphatic carbocycles. The predicted octanol–water partition coefficient (Wildman–Crippen LogP) is 3.01. The fourth-order valence-corrected chi connectivity index (χ4v) is 2.30. The van der Waals surface area contributed by atoms with E-state index in [-0.39, 0.29) is 6.04 Å². The Balaban J connectivity index is 2.03. The summed E-state index contributed by atoms with van der Waals surface area (Å²) in [4.78, 5) is 0. The Morgan fingerprint density at radius 1 is 1.44 bits per heavy atom. The summed E-state index contributed by atoms with van der Waals surface area (Å²) in [5, 5.41) is 4.94. The molecule has 0 radical (unpaired) electrons. The molecule has 0 saturated heterocycles. The lowest BCUT2D eigenvalue weighted by Gasteiger charge is -2.14. The van der Waals surface area contributed by atoms with Crippen molar-refractivity contribution in [3.05, 3.63) is 52.3 Å². The molecule has 0 bridgehead atoms. The SMILES string of the molecule is Cc1cccc(C(N)CCc2cnn(C)c2)c1Cl. The van der Waals surface area contributed by atoms with Crippen molar-refractivity contribution in [2.24, 2.45) is 12.8 Å². The van der Waals surface area contributed by atoms with Crippen molar-refractivity contribution in [1.82, 2.24) is 9.78 Å². The first-order chi connectivity index (χ1) is 8.58. The van der Waals surface area contributed by atoms with Crippen molar-refractivity contribution >= 4 is 11.6 Å². The fraction of sp³-hybridized carbons (Fsp3) is 0.357. The number of benzene rings is 1. The summed E-state index contributed by atoms with van der Waals surface area (Å²) in [6, 6.07) is 5.97. The molecule has 0 aliphatic heterocycles. The average Bonchev–Trinajstić information content (AvgIpc) is 2.76. The fourth-order valence-electron chi connectivity index (χ4n) is 2.04. The van der Waals surface area contributed by atoms with Gasteiger partial charge in [0.15, 0.2) is 0 Å². The standard InChI is InChI=1S/C14H18ClN3/c1-10-4-3-5-12(14(10)15)13(16)7-6-11-8-17-18(2)9-11/h3-5,8-9,13H,6-7,16H2,1-2H3. The van der Waals surface area contributed by atoms with Crippen LogP contribution in [0.3, 0.4) is 0 Å². The maximum atomic E-state index is 6.28. The van der Waals surface area contributed by atoms with E-state index in [1.807, 2.05) is 44.6 Å². The molecule has 96 valence electrons. The molecule has 18 heavy (non-hydrogen) atoms. The van der Waals surface area contributed by atoms with Crippen LogP contribution in [0.5, 0.6) is 0 Å². The first-order valence-corrected chi connectivity index (χ1v) is 6.44. The van der Waals surface area contributed by atoms with Crippen molar-refractivity contribution in [3.63, 3.8) is 0 Å². The zero-order valence-electron chi connectivity index (χ0n) is 10.7. The van der Waals surface area contributed by atoms with Crippen LogP contribution >= 0.6 is 11.6 Å². The van der Waals surface area contributed by atoms with Gasteiger partial charge in [-0.2, -0.15) is 5.10 Å². The maximum Gasteiger partial charge on any atom is 0.0521 e. The number of hydrogen-bond acceptors (Lipinski definition) is 2. The normalized spacial score (nSPS) is 12.7. The van der Waals surface area contributed by atoms with Crippen molar-refractivity contribution in [1.29, 1.82) is 0 Å². The number of hydrogen-bond donors (Lipinski definition) is 1. The monoisotopic (exact) mass is 263 g/mol. The largest absolute Gasteiger partial charge is 0.324 e. The molecular weight excluding hydrogens is 246 g/mol. The number of halogens is 1. The Bertz CT molecular complexity index is 534. The van der Waals surface area contributed by atoms with Crippen LogP contribution in [-0.4, -0.2) is 9.78 Å². The van der Waals surface area contributed by atoms with Crippen LogP contribution in [0.4, 0.5) is 0 Å². The van der Waals surface area contributed by atoms with Crippen molar-refractivity contribution in [2.45, 2.75) is 25.8 Å². The molecule has 4 heteroatoms. The van der Waals surface area contributed by atoms with E-state index in [9.17, 15) is 0 Å². The minimum Gasteiger partial charge on any atom is -0.324 e. The molecule has 1 aromatic carbocycles. The van der Waals surface area contributed by atoms with E-state index in [1.54, 1.807) is 4.68 Å². The van der Waals surface area contributed by atoms with Crippen molar-refractivity contribution < 1.29 is 0 Å². The highest BCUT2D eigenvalue weighted by Crippen LogP contribution is 2.27. The van der Waals surface area contributed by atoms with Gasteiger partial charge in [0.05, 0.1) is 6.20 Å². The van der Waals surface area contributed by atoms with Gasteiger partial charge in [-0.05, 0) is 36.5 Å². The van der Waals surface area contributed by atoms with Crippen LogP contribution in [0.1, 0.15) is 29.2 Å². The molecule has 1 unspecified atom stereocenters. The molecule has 2 rings (SSSR count). The highest BCUT2D eigenvalue weighted by molar-refractivity contribution is 6.32.